The third kappa shape index (κ3) is 6.32. The number of hydrogen-bond donors (Lipinski definition) is 0. The van der Waals surface area contributed by atoms with Gasteiger partial charge in [-0.15, -0.1) is 0 Å². The first kappa shape index (κ1) is 21.9. The highest BCUT2D eigenvalue weighted by Crippen LogP contribution is 2.36. The normalized spacial score (nSPS) is 21.1. The number of benzene rings is 1. The molecule has 0 aromatic heterocycles. The Bertz CT molecular complexity index is 617. The van der Waals surface area contributed by atoms with Gasteiger partial charge in [0.2, 0.25) is 0 Å². The number of ether oxygens (including phenoxy) is 2. The Labute approximate surface area is 158 Å². The monoisotopic (exact) mass is 388 g/mol. The summed E-state index contributed by atoms with van der Waals surface area (Å²) in [6, 6.07) is 2.90. The highest BCUT2D eigenvalue weighted by molar-refractivity contribution is 5.36. The molecule has 0 radical (unpaired) electrons. The van der Waals surface area contributed by atoms with Crippen LogP contribution in [-0.2, 0) is 28.5 Å². The standard InChI is InChI=1S/C21H28F4O2/c1-3-5-6-7-16-9-8-15(19(20(16)22)21(23,24)25)10-11-17-12-13-18(14-27-17)26-4-2/h3,5,8-9,17-18H,4,6-7,10-14H2,1-2H3/b5-3+. The summed E-state index contributed by atoms with van der Waals surface area (Å²) in [7, 11) is 0. The van der Waals surface area contributed by atoms with Gasteiger partial charge in [0.1, 0.15) is 5.82 Å². The van der Waals surface area contributed by atoms with Crippen molar-refractivity contribution in [1.29, 1.82) is 0 Å². The topological polar surface area (TPSA) is 18.5 Å². The SMILES string of the molecule is C/C=C/CCc1ccc(CCC2CCC(OCC)CO2)c(C(F)(F)F)c1F. The first-order valence-corrected chi connectivity index (χ1v) is 9.58. The van der Waals surface area contributed by atoms with Crippen LogP contribution in [0, 0.1) is 5.82 Å². The number of allylic oxidation sites excluding steroid dienone is 2. The molecule has 1 aliphatic heterocycles. The fourth-order valence-electron chi connectivity index (χ4n) is 3.47. The summed E-state index contributed by atoms with van der Waals surface area (Å²) < 4.78 is 66.2. The van der Waals surface area contributed by atoms with Crippen LogP contribution in [0.2, 0.25) is 0 Å². The Morgan fingerprint density at radius 2 is 1.93 bits per heavy atom. The van der Waals surface area contributed by atoms with E-state index >= 15 is 0 Å². The Morgan fingerprint density at radius 3 is 2.52 bits per heavy atom. The quantitative estimate of drug-likeness (QED) is 0.410. The minimum atomic E-state index is -4.70. The van der Waals surface area contributed by atoms with E-state index in [1.165, 1.54) is 12.1 Å². The lowest BCUT2D eigenvalue weighted by molar-refractivity contribution is -0.140. The summed E-state index contributed by atoms with van der Waals surface area (Å²) in [5.74, 6) is -1.13. The largest absolute Gasteiger partial charge is 0.419 e. The molecule has 1 aromatic carbocycles. The molecule has 2 unspecified atom stereocenters. The maximum atomic E-state index is 14.6. The third-order valence-electron chi connectivity index (χ3n) is 4.87. The van der Waals surface area contributed by atoms with E-state index in [2.05, 4.69) is 0 Å². The first-order chi connectivity index (χ1) is 12.9. The molecule has 0 bridgehead atoms. The van der Waals surface area contributed by atoms with Crippen LogP contribution in [0.4, 0.5) is 17.6 Å². The second kappa shape index (κ2) is 10.2. The summed E-state index contributed by atoms with van der Waals surface area (Å²) >= 11 is 0. The van der Waals surface area contributed by atoms with E-state index in [9.17, 15) is 17.6 Å². The zero-order chi connectivity index (χ0) is 19.9. The number of halogens is 4. The highest BCUT2D eigenvalue weighted by atomic mass is 19.4. The lowest BCUT2D eigenvalue weighted by Gasteiger charge is -2.29. The van der Waals surface area contributed by atoms with Crippen LogP contribution >= 0.6 is 0 Å². The summed E-state index contributed by atoms with van der Waals surface area (Å²) in [4.78, 5) is 0. The Balaban J connectivity index is 2.06. The molecule has 27 heavy (non-hydrogen) atoms. The van der Waals surface area contributed by atoms with Gasteiger partial charge in [0.15, 0.2) is 0 Å². The molecule has 1 saturated heterocycles. The smallest absolute Gasteiger partial charge is 0.376 e. The molecule has 1 aromatic rings. The van der Waals surface area contributed by atoms with Gasteiger partial charge in [0.25, 0.3) is 0 Å². The van der Waals surface area contributed by atoms with Gasteiger partial charge in [-0.2, -0.15) is 13.2 Å². The van der Waals surface area contributed by atoms with Crippen molar-refractivity contribution >= 4 is 0 Å². The highest BCUT2D eigenvalue weighted by Gasteiger charge is 2.37. The van der Waals surface area contributed by atoms with E-state index in [-0.39, 0.29) is 36.2 Å². The zero-order valence-corrected chi connectivity index (χ0v) is 15.9. The predicted octanol–water partition coefficient (Wildman–Crippen LogP) is 5.87. The molecule has 152 valence electrons. The molecule has 2 atom stereocenters. The van der Waals surface area contributed by atoms with E-state index in [0.717, 1.165) is 12.8 Å². The fourth-order valence-corrected chi connectivity index (χ4v) is 3.47. The van der Waals surface area contributed by atoms with Crippen LogP contribution in [0.25, 0.3) is 0 Å². The average molecular weight is 388 g/mol. The molecule has 6 heteroatoms. The third-order valence-corrected chi connectivity index (χ3v) is 4.87. The average Bonchev–Trinajstić information content (AvgIpc) is 2.62. The van der Waals surface area contributed by atoms with Crippen LogP contribution < -0.4 is 0 Å². The van der Waals surface area contributed by atoms with E-state index < -0.39 is 17.6 Å². The summed E-state index contributed by atoms with van der Waals surface area (Å²) in [5, 5.41) is 0. The van der Waals surface area contributed by atoms with Gasteiger partial charge in [0, 0.05) is 6.61 Å². The molecular formula is C21H28F4O2. The lowest BCUT2D eigenvalue weighted by Crippen LogP contribution is -2.31. The molecule has 1 heterocycles. The van der Waals surface area contributed by atoms with Crippen molar-refractivity contribution < 1.29 is 27.0 Å². The van der Waals surface area contributed by atoms with Crippen LogP contribution in [0.3, 0.4) is 0 Å². The minimum absolute atomic E-state index is 0.00492. The van der Waals surface area contributed by atoms with Crippen LogP contribution in [0.1, 0.15) is 56.2 Å². The molecule has 2 nitrogen and oxygen atoms in total. The van der Waals surface area contributed by atoms with Gasteiger partial charge in [-0.1, -0.05) is 24.3 Å². The van der Waals surface area contributed by atoms with Crippen molar-refractivity contribution in [2.75, 3.05) is 13.2 Å². The second-order valence-electron chi connectivity index (χ2n) is 6.83. The van der Waals surface area contributed by atoms with Crippen molar-refractivity contribution in [2.45, 2.75) is 70.8 Å². The summed E-state index contributed by atoms with van der Waals surface area (Å²) in [5.41, 5.74) is -1.01. The Morgan fingerprint density at radius 1 is 1.19 bits per heavy atom. The molecule has 1 aliphatic rings. The fraction of sp³-hybridized carbons (Fsp3) is 0.619. The van der Waals surface area contributed by atoms with E-state index in [4.69, 9.17) is 9.47 Å². The van der Waals surface area contributed by atoms with Crippen molar-refractivity contribution in [1.82, 2.24) is 0 Å². The molecular weight excluding hydrogens is 360 g/mol. The Kier molecular flexibility index (Phi) is 8.29. The Hall–Kier alpha value is -1.40. The summed E-state index contributed by atoms with van der Waals surface area (Å²) in [6.45, 7) is 4.82. The van der Waals surface area contributed by atoms with E-state index in [1.54, 1.807) is 6.08 Å². The maximum absolute atomic E-state index is 14.6. The summed E-state index contributed by atoms with van der Waals surface area (Å²) in [6.07, 6.45) is 1.80. The second-order valence-corrected chi connectivity index (χ2v) is 6.83. The van der Waals surface area contributed by atoms with Gasteiger partial charge in [0.05, 0.1) is 24.4 Å². The van der Waals surface area contributed by atoms with Gasteiger partial charge >= 0.3 is 6.18 Å². The maximum Gasteiger partial charge on any atom is 0.419 e. The van der Waals surface area contributed by atoms with Crippen LogP contribution in [0.5, 0.6) is 0 Å². The minimum Gasteiger partial charge on any atom is -0.376 e. The van der Waals surface area contributed by atoms with Crippen molar-refractivity contribution in [3.05, 3.63) is 46.8 Å². The molecule has 1 fully saturated rings. The van der Waals surface area contributed by atoms with Crippen LogP contribution in [-0.4, -0.2) is 25.4 Å². The number of rotatable bonds is 8. The van der Waals surface area contributed by atoms with Gasteiger partial charge < -0.3 is 9.47 Å². The molecule has 0 N–H and O–H groups in total. The predicted molar refractivity (Wildman–Crippen MR) is 97.2 cm³/mol. The van der Waals surface area contributed by atoms with E-state index in [1.807, 2.05) is 19.9 Å². The number of aryl methyl sites for hydroxylation is 2. The number of hydrogen-bond acceptors (Lipinski definition) is 2. The van der Waals surface area contributed by atoms with E-state index in [0.29, 0.717) is 26.1 Å². The van der Waals surface area contributed by atoms with Crippen LogP contribution in [0.15, 0.2) is 24.3 Å². The van der Waals surface area contributed by atoms with Crippen molar-refractivity contribution in [3.63, 3.8) is 0 Å². The molecule has 0 aliphatic carbocycles. The molecule has 0 spiro atoms. The van der Waals surface area contributed by atoms with Gasteiger partial charge in [-0.05, 0) is 63.5 Å². The first-order valence-electron chi connectivity index (χ1n) is 9.58. The van der Waals surface area contributed by atoms with Gasteiger partial charge in [-0.25, -0.2) is 4.39 Å². The van der Waals surface area contributed by atoms with Crippen molar-refractivity contribution in [3.8, 4) is 0 Å². The van der Waals surface area contributed by atoms with Crippen molar-refractivity contribution in [2.24, 2.45) is 0 Å². The van der Waals surface area contributed by atoms with Gasteiger partial charge in [-0.3, -0.25) is 0 Å². The lowest BCUT2D eigenvalue weighted by atomic mass is 9.94. The molecule has 2 rings (SSSR count). The number of alkyl halides is 3. The molecule has 0 saturated carbocycles. The molecule has 0 amide bonds. The zero-order valence-electron chi connectivity index (χ0n) is 15.9.